The second-order valence-electron chi connectivity index (χ2n) is 15.6. The molecule has 0 aliphatic rings. The lowest BCUT2D eigenvalue weighted by atomic mass is 9.85. The molecule has 0 radical (unpaired) electrons. The summed E-state index contributed by atoms with van der Waals surface area (Å²) in [6.07, 6.45) is 0. The molecule has 54 heavy (non-hydrogen) atoms. The third-order valence-electron chi connectivity index (χ3n) is 12.9. The van der Waals surface area contributed by atoms with Crippen LogP contribution in [0.1, 0.15) is 11.1 Å². The lowest BCUT2D eigenvalue weighted by Gasteiger charge is -2.17. The first-order chi connectivity index (χ1) is 26.7. The summed E-state index contributed by atoms with van der Waals surface area (Å²) in [5.74, 6) is 0. The predicted molar refractivity (Wildman–Crippen MR) is 235 cm³/mol. The smallest absolute Gasteiger partial charge is 0.000741 e. The van der Waals surface area contributed by atoms with Crippen LogP contribution in [0.4, 0.5) is 0 Å². The molecule has 13 aromatic carbocycles. The molecular formula is C54H32. The van der Waals surface area contributed by atoms with Gasteiger partial charge in [-0.1, -0.05) is 146 Å². The van der Waals surface area contributed by atoms with Crippen LogP contribution >= 0.6 is 0 Å². The van der Waals surface area contributed by atoms with E-state index in [1.807, 2.05) is 0 Å². The number of hydrogen-bond acceptors (Lipinski definition) is 0. The average molecular weight is 681 g/mol. The predicted octanol–water partition coefficient (Wildman–Crippen LogP) is 15.5. The Hall–Kier alpha value is -6.76. The molecule has 0 bridgehead atoms. The third kappa shape index (κ3) is 3.41. The minimum absolute atomic E-state index is 1.26. The lowest BCUT2D eigenvalue weighted by molar-refractivity contribution is 1.48. The highest BCUT2D eigenvalue weighted by Gasteiger charge is 2.26. The Kier molecular flexibility index (Phi) is 5.33. The van der Waals surface area contributed by atoms with Crippen molar-refractivity contribution in [3.05, 3.63) is 169 Å². The van der Waals surface area contributed by atoms with Crippen LogP contribution in [-0.4, -0.2) is 0 Å². The molecule has 0 fully saturated rings. The van der Waals surface area contributed by atoms with Crippen molar-refractivity contribution in [3.8, 4) is 22.3 Å². The van der Waals surface area contributed by atoms with E-state index in [0.717, 1.165) is 0 Å². The zero-order valence-electron chi connectivity index (χ0n) is 30.0. The number of hydrogen-bond donors (Lipinski definition) is 0. The fourth-order valence-electron chi connectivity index (χ4n) is 10.8. The molecule has 0 aliphatic heterocycles. The Morgan fingerprint density at radius 1 is 0.241 bits per heavy atom. The minimum Gasteiger partial charge on any atom is -0.0622 e. The van der Waals surface area contributed by atoms with Crippen LogP contribution in [0.3, 0.4) is 0 Å². The van der Waals surface area contributed by atoms with Crippen LogP contribution in [0.5, 0.6) is 0 Å². The molecule has 0 unspecified atom stereocenters. The molecule has 248 valence electrons. The summed E-state index contributed by atoms with van der Waals surface area (Å²) in [4.78, 5) is 0. The van der Waals surface area contributed by atoms with Crippen LogP contribution < -0.4 is 0 Å². The van der Waals surface area contributed by atoms with Crippen molar-refractivity contribution in [1.29, 1.82) is 0 Å². The van der Waals surface area contributed by atoms with Gasteiger partial charge in [0, 0.05) is 0 Å². The zero-order chi connectivity index (χ0) is 35.4. The molecule has 0 heteroatoms. The van der Waals surface area contributed by atoms with Gasteiger partial charge in [-0.15, -0.1) is 0 Å². The second-order valence-corrected chi connectivity index (χ2v) is 15.6. The van der Waals surface area contributed by atoms with Crippen molar-refractivity contribution in [2.75, 3.05) is 0 Å². The summed E-state index contributed by atoms with van der Waals surface area (Å²) in [7, 11) is 0. The van der Waals surface area contributed by atoms with Crippen molar-refractivity contribution in [1.82, 2.24) is 0 Å². The van der Waals surface area contributed by atoms with E-state index in [1.54, 1.807) is 0 Å². The quantitative estimate of drug-likeness (QED) is 0.126. The van der Waals surface area contributed by atoms with Gasteiger partial charge in [0.05, 0.1) is 0 Å². The van der Waals surface area contributed by atoms with Gasteiger partial charge in [0.25, 0.3) is 0 Å². The highest BCUT2D eigenvalue weighted by molar-refractivity contribution is 6.45. The molecule has 0 saturated heterocycles. The molecular weight excluding hydrogens is 649 g/mol. The van der Waals surface area contributed by atoms with Gasteiger partial charge < -0.3 is 0 Å². The van der Waals surface area contributed by atoms with Crippen LogP contribution in [0.15, 0.2) is 158 Å². The molecule has 0 N–H and O–H groups in total. The van der Waals surface area contributed by atoms with E-state index in [-0.39, 0.29) is 0 Å². The summed E-state index contributed by atoms with van der Waals surface area (Å²) < 4.78 is 0. The Morgan fingerprint density at radius 2 is 0.630 bits per heavy atom. The molecule has 13 rings (SSSR count). The normalized spacial score (nSPS) is 12.6. The molecule has 0 nitrogen and oxygen atoms in total. The van der Waals surface area contributed by atoms with Crippen LogP contribution in [0.2, 0.25) is 0 Å². The van der Waals surface area contributed by atoms with Crippen LogP contribution in [0, 0.1) is 13.8 Å². The van der Waals surface area contributed by atoms with Gasteiger partial charge in [0.15, 0.2) is 0 Å². The Labute approximate surface area is 311 Å². The Morgan fingerprint density at radius 3 is 1.07 bits per heavy atom. The van der Waals surface area contributed by atoms with E-state index in [0.29, 0.717) is 0 Å². The van der Waals surface area contributed by atoms with E-state index in [1.165, 1.54) is 141 Å². The first-order valence-corrected chi connectivity index (χ1v) is 19.1. The topological polar surface area (TPSA) is 0 Å². The highest BCUT2D eigenvalue weighted by atomic mass is 14.3. The summed E-state index contributed by atoms with van der Waals surface area (Å²) in [5, 5.41) is 27.0. The zero-order valence-corrected chi connectivity index (χ0v) is 30.0. The van der Waals surface area contributed by atoms with Crippen molar-refractivity contribution in [2.24, 2.45) is 0 Å². The molecule has 0 amide bonds. The standard InChI is InChI=1S/C54H32/c1-29-19-21-34-36-23-25-38-42-27-44-45(28-43(42)39-26-24-37(51(36)52(38)39)35-22-20-30(2)46(29)50(34)35)49(33-13-7-4-8-14-33)54-41-18-10-16-31-15-9-17-40(47(31)41)53(54)48(44)32-11-5-3-6-12-32/h3-28H,1-2H3. The van der Waals surface area contributed by atoms with E-state index in [9.17, 15) is 0 Å². The van der Waals surface area contributed by atoms with E-state index < -0.39 is 0 Å². The van der Waals surface area contributed by atoms with Gasteiger partial charge in [-0.3, -0.25) is 0 Å². The van der Waals surface area contributed by atoms with Crippen LogP contribution in [-0.2, 0) is 0 Å². The fraction of sp³-hybridized carbons (Fsp3) is 0.0370. The van der Waals surface area contributed by atoms with Crippen molar-refractivity contribution in [3.63, 3.8) is 0 Å². The second kappa shape index (κ2) is 10.0. The molecule has 0 heterocycles. The maximum Gasteiger partial charge on any atom is -0.000741 e. The Balaban J connectivity index is 1.29. The van der Waals surface area contributed by atoms with Gasteiger partial charge in [0.2, 0.25) is 0 Å². The maximum atomic E-state index is 2.55. The fourth-order valence-corrected chi connectivity index (χ4v) is 10.8. The number of aryl methyl sites for hydroxylation is 2. The van der Waals surface area contributed by atoms with Crippen LogP contribution in [0.25, 0.3) is 130 Å². The van der Waals surface area contributed by atoms with Gasteiger partial charge in [0.1, 0.15) is 0 Å². The molecule has 0 aromatic heterocycles. The average Bonchev–Trinajstić information content (AvgIpc) is 3.72. The highest BCUT2D eigenvalue weighted by Crippen LogP contribution is 2.54. The molecule has 0 atom stereocenters. The summed E-state index contributed by atoms with van der Waals surface area (Å²) >= 11 is 0. The molecule has 13 aromatic rings. The van der Waals surface area contributed by atoms with Gasteiger partial charge in [-0.05, 0) is 167 Å². The molecule has 0 aliphatic carbocycles. The van der Waals surface area contributed by atoms with Crippen molar-refractivity contribution >= 4 is 108 Å². The van der Waals surface area contributed by atoms with Gasteiger partial charge in [-0.2, -0.15) is 0 Å². The summed E-state index contributed by atoms with van der Waals surface area (Å²) in [5.41, 5.74) is 7.85. The van der Waals surface area contributed by atoms with E-state index in [4.69, 9.17) is 0 Å². The third-order valence-corrected chi connectivity index (χ3v) is 12.9. The number of fused-ring (bicyclic) bond motifs is 9. The van der Waals surface area contributed by atoms with Crippen molar-refractivity contribution < 1.29 is 0 Å². The van der Waals surface area contributed by atoms with E-state index in [2.05, 4.69) is 172 Å². The minimum atomic E-state index is 1.26. The van der Waals surface area contributed by atoms with E-state index >= 15 is 0 Å². The first-order valence-electron chi connectivity index (χ1n) is 19.1. The summed E-state index contributed by atoms with van der Waals surface area (Å²) in [6.45, 7) is 4.51. The maximum absolute atomic E-state index is 2.55. The van der Waals surface area contributed by atoms with Gasteiger partial charge in [-0.25, -0.2) is 0 Å². The SMILES string of the molecule is Cc1ccc2c3ccc4c5cc6c(-c7ccccc7)c7c8cccc9cccc(c7c(-c7ccccc7)c6cc5c5ccc(c6ccc(C)c1c26)c3c45)c98. The summed E-state index contributed by atoms with van der Waals surface area (Å²) in [6, 6.07) is 60.0. The molecule has 0 spiro atoms. The Bertz CT molecular complexity index is 3470. The molecule has 0 saturated carbocycles. The number of benzene rings is 11. The lowest BCUT2D eigenvalue weighted by Crippen LogP contribution is -1.90. The first kappa shape index (κ1) is 28.8. The largest absolute Gasteiger partial charge is 0.0622 e. The van der Waals surface area contributed by atoms with Crippen molar-refractivity contribution in [2.45, 2.75) is 13.8 Å². The van der Waals surface area contributed by atoms with Gasteiger partial charge >= 0.3 is 0 Å². The monoisotopic (exact) mass is 680 g/mol. The number of rotatable bonds is 2.